The lowest BCUT2D eigenvalue weighted by atomic mass is 10.2. The summed E-state index contributed by atoms with van der Waals surface area (Å²) in [6.07, 6.45) is 1.14. The fourth-order valence-corrected chi connectivity index (χ4v) is 2.39. The Morgan fingerprint density at radius 3 is 3.11 bits per heavy atom. The minimum atomic E-state index is 0.180. The molecule has 106 valence electrons. The van der Waals surface area contributed by atoms with Gasteiger partial charge in [-0.2, -0.15) is 0 Å². The van der Waals surface area contributed by atoms with Gasteiger partial charge in [-0.05, 0) is 18.2 Å². The molecule has 1 aliphatic rings. The molecule has 1 atom stereocenters. The molecule has 0 amide bonds. The van der Waals surface area contributed by atoms with Gasteiger partial charge in [0.05, 0.1) is 19.8 Å². The molecule has 0 bridgehead atoms. The monoisotopic (exact) mass is 329 g/mol. The van der Waals surface area contributed by atoms with E-state index in [9.17, 15) is 0 Å². The third kappa shape index (κ3) is 4.76. The van der Waals surface area contributed by atoms with E-state index in [1.165, 1.54) is 0 Å². The van der Waals surface area contributed by atoms with Gasteiger partial charge in [0.15, 0.2) is 0 Å². The van der Waals surface area contributed by atoms with E-state index in [0.717, 1.165) is 41.9 Å². The smallest absolute Gasteiger partial charge is 0.124 e. The van der Waals surface area contributed by atoms with Crippen LogP contribution in [0.5, 0.6) is 5.75 Å². The summed E-state index contributed by atoms with van der Waals surface area (Å²) in [5.74, 6) is 0.934. The van der Waals surface area contributed by atoms with Crippen molar-refractivity contribution in [3.8, 4) is 5.75 Å². The number of benzene rings is 1. The summed E-state index contributed by atoms with van der Waals surface area (Å²) >= 11 is 3.50. The van der Waals surface area contributed by atoms with E-state index in [2.05, 4.69) is 27.3 Å². The Morgan fingerprint density at radius 1 is 1.47 bits per heavy atom. The first-order valence-corrected chi connectivity index (χ1v) is 7.31. The Morgan fingerprint density at radius 2 is 2.37 bits per heavy atom. The van der Waals surface area contributed by atoms with Crippen molar-refractivity contribution in [2.24, 2.45) is 0 Å². The fraction of sp³-hybridized carbons (Fsp3) is 0.571. The molecule has 4 nitrogen and oxygen atoms in total. The molecule has 19 heavy (non-hydrogen) atoms. The van der Waals surface area contributed by atoms with Crippen LogP contribution < -0.4 is 10.1 Å². The van der Waals surface area contributed by atoms with Crippen molar-refractivity contribution >= 4 is 15.9 Å². The summed E-state index contributed by atoms with van der Waals surface area (Å²) in [6, 6.07) is 6.10. The van der Waals surface area contributed by atoms with Crippen LogP contribution in [0.1, 0.15) is 12.0 Å². The van der Waals surface area contributed by atoms with Crippen molar-refractivity contribution in [1.82, 2.24) is 5.32 Å². The van der Waals surface area contributed by atoms with E-state index >= 15 is 0 Å². The van der Waals surface area contributed by atoms with E-state index in [0.29, 0.717) is 13.2 Å². The predicted octanol–water partition coefficient (Wildman–Crippen LogP) is 2.35. The standard InChI is InChI=1S/C14H20BrNO3/c1-17-7-5-16-9-11-8-12(15)2-3-14(11)19-13-4-6-18-10-13/h2-3,8,13,16H,4-7,9-10H2,1H3. The van der Waals surface area contributed by atoms with Crippen LogP contribution in [-0.2, 0) is 16.0 Å². The maximum atomic E-state index is 6.00. The Labute approximate surface area is 122 Å². The minimum Gasteiger partial charge on any atom is -0.488 e. The number of halogens is 1. The van der Waals surface area contributed by atoms with Crippen molar-refractivity contribution in [2.75, 3.05) is 33.5 Å². The van der Waals surface area contributed by atoms with E-state index in [4.69, 9.17) is 14.2 Å². The second-order valence-corrected chi connectivity index (χ2v) is 5.44. The molecule has 1 heterocycles. The highest BCUT2D eigenvalue weighted by Gasteiger charge is 2.18. The Balaban J connectivity index is 1.95. The first kappa shape index (κ1) is 14.8. The molecule has 1 aromatic carbocycles. The average Bonchev–Trinajstić information content (AvgIpc) is 2.90. The van der Waals surface area contributed by atoms with Crippen LogP contribution in [0.25, 0.3) is 0 Å². The van der Waals surface area contributed by atoms with Gasteiger partial charge < -0.3 is 19.5 Å². The quantitative estimate of drug-likeness (QED) is 0.779. The fourth-order valence-electron chi connectivity index (χ4n) is 1.98. The maximum absolute atomic E-state index is 6.00. The molecule has 0 aromatic heterocycles. The molecule has 0 radical (unpaired) electrons. The SMILES string of the molecule is COCCNCc1cc(Br)ccc1OC1CCOC1. The van der Waals surface area contributed by atoms with Gasteiger partial charge in [0, 0.05) is 36.7 Å². The van der Waals surface area contributed by atoms with Gasteiger partial charge in [0.1, 0.15) is 11.9 Å². The Hall–Kier alpha value is -0.620. The topological polar surface area (TPSA) is 39.7 Å². The predicted molar refractivity (Wildman–Crippen MR) is 77.6 cm³/mol. The van der Waals surface area contributed by atoms with Crippen molar-refractivity contribution in [1.29, 1.82) is 0 Å². The lowest BCUT2D eigenvalue weighted by Crippen LogP contribution is -2.21. The first-order chi connectivity index (χ1) is 9.29. The van der Waals surface area contributed by atoms with Crippen molar-refractivity contribution in [3.63, 3.8) is 0 Å². The number of hydrogen-bond acceptors (Lipinski definition) is 4. The number of nitrogens with one attached hydrogen (secondary N) is 1. The largest absolute Gasteiger partial charge is 0.488 e. The summed E-state index contributed by atoms with van der Waals surface area (Å²) in [4.78, 5) is 0. The zero-order valence-corrected chi connectivity index (χ0v) is 12.7. The van der Waals surface area contributed by atoms with Crippen LogP contribution in [0, 0.1) is 0 Å². The summed E-state index contributed by atoms with van der Waals surface area (Å²) in [5, 5.41) is 3.34. The summed E-state index contributed by atoms with van der Waals surface area (Å²) < 4.78 is 17.4. The second-order valence-electron chi connectivity index (χ2n) is 4.53. The normalized spacial score (nSPS) is 18.7. The zero-order valence-electron chi connectivity index (χ0n) is 11.2. The van der Waals surface area contributed by atoms with Crippen LogP contribution in [0.3, 0.4) is 0 Å². The van der Waals surface area contributed by atoms with Crippen molar-refractivity contribution < 1.29 is 14.2 Å². The number of methoxy groups -OCH3 is 1. The van der Waals surface area contributed by atoms with Crippen LogP contribution in [0.4, 0.5) is 0 Å². The molecule has 1 saturated heterocycles. The molecule has 0 saturated carbocycles. The summed E-state index contributed by atoms with van der Waals surface area (Å²) in [6.45, 7) is 3.79. The number of ether oxygens (including phenoxy) is 3. The molecule has 2 rings (SSSR count). The molecule has 1 aromatic rings. The molecule has 1 N–H and O–H groups in total. The van der Waals surface area contributed by atoms with Gasteiger partial charge in [-0.15, -0.1) is 0 Å². The molecular formula is C14H20BrNO3. The second kappa shape index (κ2) is 7.85. The highest BCUT2D eigenvalue weighted by molar-refractivity contribution is 9.10. The number of rotatable bonds is 7. The molecule has 1 unspecified atom stereocenters. The summed E-state index contributed by atoms with van der Waals surface area (Å²) in [7, 11) is 1.70. The van der Waals surface area contributed by atoms with E-state index < -0.39 is 0 Å². The highest BCUT2D eigenvalue weighted by Crippen LogP contribution is 2.25. The molecular weight excluding hydrogens is 310 g/mol. The van der Waals surface area contributed by atoms with E-state index in [1.807, 2.05) is 12.1 Å². The van der Waals surface area contributed by atoms with Crippen LogP contribution in [0.2, 0.25) is 0 Å². The Kier molecular flexibility index (Phi) is 6.10. The van der Waals surface area contributed by atoms with Gasteiger partial charge in [-0.1, -0.05) is 15.9 Å². The Bertz CT molecular complexity index is 394. The lowest BCUT2D eigenvalue weighted by molar-refractivity contribution is 0.140. The van der Waals surface area contributed by atoms with E-state index in [-0.39, 0.29) is 6.10 Å². The van der Waals surface area contributed by atoms with Gasteiger partial charge in [0.2, 0.25) is 0 Å². The molecule has 1 fully saturated rings. The van der Waals surface area contributed by atoms with Crippen molar-refractivity contribution in [3.05, 3.63) is 28.2 Å². The third-order valence-electron chi connectivity index (χ3n) is 3.00. The summed E-state index contributed by atoms with van der Waals surface area (Å²) in [5.41, 5.74) is 1.15. The highest BCUT2D eigenvalue weighted by atomic mass is 79.9. The molecule has 0 spiro atoms. The van der Waals surface area contributed by atoms with Gasteiger partial charge in [-0.3, -0.25) is 0 Å². The first-order valence-electron chi connectivity index (χ1n) is 6.52. The van der Waals surface area contributed by atoms with Crippen LogP contribution in [-0.4, -0.2) is 39.6 Å². The van der Waals surface area contributed by atoms with Gasteiger partial charge >= 0.3 is 0 Å². The molecule has 0 aliphatic carbocycles. The molecule has 1 aliphatic heterocycles. The van der Waals surface area contributed by atoms with Crippen LogP contribution >= 0.6 is 15.9 Å². The third-order valence-corrected chi connectivity index (χ3v) is 3.50. The van der Waals surface area contributed by atoms with E-state index in [1.54, 1.807) is 7.11 Å². The molecule has 5 heteroatoms. The number of hydrogen-bond donors (Lipinski definition) is 1. The van der Waals surface area contributed by atoms with Crippen molar-refractivity contribution in [2.45, 2.75) is 19.1 Å². The minimum absolute atomic E-state index is 0.180. The van der Waals surface area contributed by atoms with Crippen LogP contribution in [0.15, 0.2) is 22.7 Å². The zero-order chi connectivity index (χ0) is 13.5. The maximum Gasteiger partial charge on any atom is 0.124 e. The lowest BCUT2D eigenvalue weighted by Gasteiger charge is -2.16. The average molecular weight is 330 g/mol. The van der Waals surface area contributed by atoms with Gasteiger partial charge in [0.25, 0.3) is 0 Å². The van der Waals surface area contributed by atoms with Gasteiger partial charge in [-0.25, -0.2) is 0 Å².